The van der Waals surface area contributed by atoms with Gasteiger partial charge in [0, 0.05) is 5.56 Å². The minimum absolute atomic E-state index is 0.129. The molecule has 0 radical (unpaired) electrons. The summed E-state index contributed by atoms with van der Waals surface area (Å²) in [5.41, 5.74) is 1.17. The maximum atomic E-state index is 13.8. The molecule has 0 atom stereocenters. The van der Waals surface area contributed by atoms with Crippen molar-refractivity contribution in [3.05, 3.63) is 59.4 Å². The molecular weight excluding hydrogens is 293 g/mol. The van der Waals surface area contributed by atoms with Crippen LogP contribution in [0.1, 0.15) is 11.1 Å². The van der Waals surface area contributed by atoms with Gasteiger partial charge in [-0.1, -0.05) is 30.2 Å². The van der Waals surface area contributed by atoms with Crippen molar-refractivity contribution in [1.82, 2.24) is 0 Å². The van der Waals surface area contributed by atoms with Gasteiger partial charge < -0.3 is 9.47 Å². The second-order valence-electron chi connectivity index (χ2n) is 4.55. The number of ether oxygens (including phenoxy) is 2. The van der Waals surface area contributed by atoms with E-state index in [4.69, 9.17) is 15.9 Å². The standard InChI is InChI=1S/C19H14FNO2/c1-3-10-23-18-9-8-14(12-19(18)22-2)11-15(13-21)16-6-4-5-7-17(16)20/h1,4-9,11-12H,10H2,2H3/b15-11-. The molecule has 0 aliphatic rings. The van der Waals surface area contributed by atoms with Crippen LogP contribution in [0.3, 0.4) is 0 Å². The molecule has 0 fully saturated rings. The molecule has 0 amide bonds. The molecule has 2 aromatic carbocycles. The van der Waals surface area contributed by atoms with Crippen LogP contribution in [-0.2, 0) is 0 Å². The molecule has 23 heavy (non-hydrogen) atoms. The topological polar surface area (TPSA) is 42.2 Å². The zero-order valence-corrected chi connectivity index (χ0v) is 12.5. The van der Waals surface area contributed by atoms with E-state index >= 15 is 0 Å². The number of allylic oxidation sites excluding steroid dienone is 1. The molecule has 0 spiro atoms. The number of hydrogen-bond donors (Lipinski definition) is 0. The molecule has 0 heterocycles. The van der Waals surface area contributed by atoms with Gasteiger partial charge in [-0.05, 0) is 29.8 Å². The van der Waals surface area contributed by atoms with Crippen LogP contribution in [0, 0.1) is 29.5 Å². The number of rotatable bonds is 5. The number of hydrogen-bond acceptors (Lipinski definition) is 3. The first-order valence-corrected chi connectivity index (χ1v) is 6.80. The van der Waals surface area contributed by atoms with Gasteiger partial charge in [0.15, 0.2) is 11.5 Å². The molecule has 0 aliphatic heterocycles. The van der Waals surface area contributed by atoms with Crippen molar-refractivity contribution < 1.29 is 13.9 Å². The summed E-state index contributed by atoms with van der Waals surface area (Å²) in [6, 6.07) is 13.3. The highest BCUT2D eigenvalue weighted by molar-refractivity contribution is 5.90. The van der Waals surface area contributed by atoms with E-state index in [1.54, 1.807) is 42.5 Å². The van der Waals surface area contributed by atoms with Crippen LogP contribution in [-0.4, -0.2) is 13.7 Å². The monoisotopic (exact) mass is 307 g/mol. The lowest BCUT2D eigenvalue weighted by molar-refractivity contribution is 0.331. The van der Waals surface area contributed by atoms with Crippen molar-refractivity contribution in [3.63, 3.8) is 0 Å². The molecule has 0 aromatic heterocycles. The summed E-state index contributed by atoms with van der Waals surface area (Å²) in [6.45, 7) is 0.129. The van der Waals surface area contributed by atoms with Crippen molar-refractivity contribution in [2.75, 3.05) is 13.7 Å². The quantitative estimate of drug-likeness (QED) is 0.478. The summed E-state index contributed by atoms with van der Waals surface area (Å²) in [5.74, 6) is 2.93. The van der Waals surface area contributed by atoms with Crippen LogP contribution in [0.15, 0.2) is 42.5 Å². The highest BCUT2D eigenvalue weighted by Crippen LogP contribution is 2.30. The third-order valence-corrected chi connectivity index (χ3v) is 3.09. The Morgan fingerprint density at radius 1 is 1.26 bits per heavy atom. The first-order valence-electron chi connectivity index (χ1n) is 6.80. The molecule has 0 unspecified atom stereocenters. The van der Waals surface area contributed by atoms with E-state index in [-0.39, 0.29) is 17.7 Å². The molecule has 2 rings (SSSR count). The third-order valence-electron chi connectivity index (χ3n) is 3.09. The first kappa shape index (κ1) is 16.1. The molecule has 3 nitrogen and oxygen atoms in total. The SMILES string of the molecule is C#CCOc1ccc(/C=C(/C#N)c2ccccc2F)cc1OC. The van der Waals surface area contributed by atoms with Crippen molar-refractivity contribution in [2.24, 2.45) is 0 Å². The molecule has 4 heteroatoms. The molecular formula is C19H14FNO2. The predicted octanol–water partition coefficient (Wildman–Crippen LogP) is 3.91. The lowest BCUT2D eigenvalue weighted by Gasteiger charge is -2.09. The molecule has 0 saturated heterocycles. The maximum Gasteiger partial charge on any atom is 0.162 e. The number of nitrogens with zero attached hydrogens (tertiary/aromatic N) is 1. The fourth-order valence-electron chi connectivity index (χ4n) is 2.03. The second-order valence-corrected chi connectivity index (χ2v) is 4.55. The summed E-state index contributed by atoms with van der Waals surface area (Å²) in [7, 11) is 1.51. The highest BCUT2D eigenvalue weighted by atomic mass is 19.1. The van der Waals surface area contributed by atoms with Crippen molar-refractivity contribution >= 4 is 11.6 Å². The lowest BCUT2D eigenvalue weighted by Crippen LogP contribution is -1.97. The summed E-state index contributed by atoms with van der Waals surface area (Å²) in [4.78, 5) is 0. The van der Waals surface area contributed by atoms with Gasteiger partial charge in [-0.15, -0.1) is 6.42 Å². The number of halogens is 1. The van der Waals surface area contributed by atoms with Gasteiger partial charge in [-0.3, -0.25) is 0 Å². The van der Waals surface area contributed by atoms with E-state index in [2.05, 4.69) is 5.92 Å². The fraction of sp³-hybridized carbons (Fsp3) is 0.105. The van der Waals surface area contributed by atoms with Crippen LogP contribution in [0.4, 0.5) is 4.39 Å². The van der Waals surface area contributed by atoms with Gasteiger partial charge in [-0.2, -0.15) is 5.26 Å². The Balaban J connectivity index is 2.40. The van der Waals surface area contributed by atoms with Crippen LogP contribution in [0.2, 0.25) is 0 Å². The van der Waals surface area contributed by atoms with Gasteiger partial charge in [0.05, 0.1) is 18.8 Å². The Morgan fingerprint density at radius 2 is 2.04 bits per heavy atom. The summed E-state index contributed by atoms with van der Waals surface area (Å²) < 4.78 is 24.4. The van der Waals surface area contributed by atoms with Crippen LogP contribution < -0.4 is 9.47 Å². The molecule has 2 aromatic rings. The number of methoxy groups -OCH3 is 1. The minimum Gasteiger partial charge on any atom is -0.493 e. The average molecular weight is 307 g/mol. The normalized spacial score (nSPS) is 10.5. The van der Waals surface area contributed by atoms with Crippen molar-refractivity contribution in [1.29, 1.82) is 5.26 Å². The molecule has 0 saturated carbocycles. The Morgan fingerprint density at radius 3 is 2.70 bits per heavy atom. The van der Waals surface area contributed by atoms with Gasteiger partial charge in [0.2, 0.25) is 0 Å². The van der Waals surface area contributed by atoms with Crippen molar-refractivity contribution in [2.45, 2.75) is 0 Å². The van der Waals surface area contributed by atoms with E-state index in [0.717, 1.165) is 0 Å². The van der Waals surface area contributed by atoms with E-state index in [1.165, 1.54) is 13.2 Å². The van der Waals surface area contributed by atoms with Crippen LogP contribution >= 0.6 is 0 Å². The zero-order valence-electron chi connectivity index (χ0n) is 12.5. The van der Waals surface area contributed by atoms with Gasteiger partial charge >= 0.3 is 0 Å². The summed E-state index contributed by atoms with van der Waals surface area (Å²) >= 11 is 0. The summed E-state index contributed by atoms with van der Waals surface area (Å²) in [5, 5.41) is 9.30. The zero-order chi connectivity index (χ0) is 16.7. The first-order chi connectivity index (χ1) is 11.2. The van der Waals surface area contributed by atoms with Crippen LogP contribution in [0.5, 0.6) is 11.5 Å². The average Bonchev–Trinajstić information content (AvgIpc) is 2.59. The Labute approximate surface area is 134 Å². The van der Waals surface area contributed by atoms with E-state index in [1.807, 2.05) is 6.07 Å². The van der Waals surface area contributed by atoms with E-state index in [9.17, 15) is 9.65 Å². The van der Waals surface area contributed by atoms with Gasteiger partial charge in [0.1, 0.15) is 12.4 Å². The van der Waals surface area contributed by atoms with E-state index < -0.39 is 5.82 Å². The third kappa shape index (κ3) is 3.90. The number of benzene rings is 2. The van der Waals surface area contributed by atoms with Gasteiger partial charge in [0.25, 0.3) is 0 Å². The molecule has 0 bridgehead atoms. The van der Waals surface area contributed by atoms with Crippen molar-refractivity contribution in [3.8, 4) is 29.9 Å². The Kier molecular flexibility index (Phi) is 5.39. The molecule has 0 aliphatic carbocycles. The largest absolute Gasteiger partial charge is 0.493 e. The molecule has 114 valence electrons. The number of terminal acetylenes is 1. The van der Waals surface area contributed by atoms with E-state index in [0.29, 0.717) is 17.1 Å². The smallest absolute Gasteiger partial charge is 0.162 e. The second kappa shape index (κ2) is 7.68. The van der Waals surface area contributed by atoms with Gasteiger partial charge in [-0.25, -0.2) is 4.39 Å². The molecule has 0 N–H and O–H groups in total. The number of nitriles is 1. The lowest BCUT2D eigenvalue weighted by atomic mass is 10.0. The maximum absolute atomic E-state index is 13.8. The predicted molar refractivity (Wildman–Crippen MR) is 87.2 cm³/mol. The minimum atomic E-state index is -0.443. The Bertz CT molecular complexity index is 813. The van der Waals surface area contributed by atoms with Crippen LogP contribution in [0.25, 0.3) is 11.6 Å². The Hall–Kier alpha value is -3.24. The fourth-order valence-corrected chi connectivity index (χ4v) is 2.03. The summed E-state index contributed by atoms with van der Waals surface area (Å²) in [6.07, 6.45) is 6.75. The highest BCUT2D eigenvalue weighted by Gasteiger charge is 2.09.